The maximum Gasteiger partial charge on any atom is 0.283 e. The van der Waals surface area contributed by atoms with Crippen molar-refractivity contribution < 1.29 is 30.6 Å². The van der Waals surface area contributed by atoms with E-state index in [9.17, 15) is 5.11 Å². The second-order valence-corrected chi connectivity index (χ2v) is 4.80. The summed E-state index contributed by atoms with van der Waals surface area (Å²) in [6.07, 6.45) is -0.585. The first-order valence-electron chi connectivity index (χ1n) is 5.85. The van der Waals surface area contributed by atoms with Crippen molar-refractivity contribution >= 4 is 0 Å². The van der Waals surface area contributed by atoms with Crippen LogP contribution in [0.15, 0.2) is 24.3 Å². The smallest absolute Gasteiger partial charge is 0.283 e. The fraction of sp³-hybridized carbons (Fsp3) is 0.538. The van der Waals surface area contributed by atoms with E-state index >= 15 is 0 Å². The molecule has 110 valence electrons. The van der Waals surface area contributed by atoms with Crippen LogP contribution in [0.1, 0.15) is 27.2 Å². The summed E-state index contributed by atoms with van der Waals surface area (Å²) in [6, 6.07) is 5.70. The minimum atomic E-state index is -2.83. The Kier molecular flexibility index (Phi) is 6.24. The topological polar surface area (TPSA) is 121 Å². The number of hydrogen-bond donors (Lipinski definition) is 6. The molecule has 0 aliphatic rings. The van der Waals surface area contributed by atoms with Crippen LogP contribution in [0.4, 0.5) is 0 Å². The molecule has 0 bridgehead atoms. The summed E-state index contributed by atoms with van der Waals surface area (Å²) in [5.74, 6) is -2.49. The summed E-state index contributed by atoms with van der Waals surface area (Å²) >= 11 is 0. The van der Waals surface area contributed by atoms with Crippen molar-refractivity contribution in [3.8, 4) is 11.5 Å². The highest BCUT2D eigenvalue weighted by molar-refractivity contribution is 5.28. The Labute approximate surface area is 112 Å². The number of phenolic OH excluding ortho intramolecular Hbond substituents is 2. The van der Waals surface area contributed by atoms with E-state index in [2.05, 4.69) is 0 Å². The molecule has 0 spiro atoms. The summed E-state index contributed by atoms with van der Waals surface area (Å²) in [6.45, 7) is 4.44. The Hall–Kier alpha value is -1.34. The largest absolute Gasteiger partial charge is 0.508 e. The number of phenols is 2. The molecule has 0 amide bonds. The van der Waals surface area contributed by atoms with Crippen molar-refractivity contribution in [3.63, 3.8) is 0 Å². The number of hydrogen-bond acceptors (Lipinski definition) is 6. The predicted octanol–water partition coefficient (Wildman–Crippen LogP) is 0.512. The molecular formula is C13H22O6. The summed E-state index contributed by atoms with van der Waals surface area (Å²) in [5.41, 5.74) is -1.33. The third-order valence-electron chi connectivity index (χ3n) is 2.93. The molecule has 0 saturated carbocycles. The molecule has 0 aromatic heterocycles. The molecule has 0 aliphatic carbocycles. The Balaban J connectivity index is 0.000000356. The Morgan fingerprint density at radius 3 is 1.42 bits per heavy atom. The first kappa shape index (κ1) is 17.7. The van der Waals surface area contributed by atoms with Gasteiger partial charge in [-0.3, -0.25) is 0 Å². The van der Waals surface area contributed by atoms with Gasteiger partial charge in [-0.1, -0.05) is 6.92 Å². The molecule has 1 unspecified atom stereocenters. The summed E-state index contributed by atoms with van der Waals surface area (Å²) in [7, 11) is 0. The van der Waals surface area contributed by atoms with E-state index in [-0.39, 0.29) is 11.5 Å². The lowest BCUT2D eigenvalue weighted by Gasteiger charge is -2.36. The van der Waals surface area contributed by atoms with Gasteiger partial charge >= 0.3 is 0 Å². The van der Waals surface area contributed by atoms with Gasteiger partial charge in [0.05, 0.1) is 11.5 Å². The van der Waals surface area contributed by atoms with Gasteiger partial charge in [-0.15, -0.1) is 0 Å². The van der Waals surface area contributed by atoms with Crippen LogP contribution in [0.3, 0.4) is 0 Å². The third-order valence-corrected chi connectivity index (χ3v) is 2.93. The zero-order valence-corrected chi connectivity index (χ0v) is 11.3. The lowest BCUT2D eigenvalue weighted by atomic mass is 9.82. The zero-order chi connectivity index (χ0) is 15.3. The van der Waals surface area contributed by atoms with E-state index < -0.39 is 17.5 Å². The van der Waals surface area contributed by atoms with E-state index in [1.165, 1.54) is 38.1 Å². The normalized spacial score (nSPS) is 13.4. The third kappa shape index (κ3) is 5.44. The molecule has 1 aromatic rings. The van der Waals surface area contributed by atoms with Crippen LogP contribution in [0, 0.1) is 5.41 Å². The Bertz CT molecular complexity index is 345. The van der Waals surface area contributed by atoms with E-state index in [1.807, 2.05) is 0 Å². The van der Waals surface area contributed by atoms with E-state index in [1.54, 1.807) is 6.92 Å². The lowest BCUT2D eigenvalue weighted by molar-refractivity contribution is -0.381. The van der Waals surface area contributed by atoms with Crippen molar-refractivity contribution in [1.82, 2.24) is 0 Å². The van der Waals surface area contributed by atoms with Crippen LogP contribution in [0.25, 0.3) is 0 Å². The first-order chi connectivity index (χ1) is 8.52. The Morgan fingerprint density at radius 1 is 0.947 bits per heavy atom. The highest BCUT2D eigenvalue weighted by Crippen LogP contribution is 2.31. The second kappa shape index (κ2) is 6.72. The van der Waals surface area contributed by atoms with E-state index in [4.69, 9.17) is 25.5 Å². The van der Waals surface area contributed by atoms with Gasteiger partial charge in [0.2, 0.25) is 0 Å². The van der Waals surface area contributed by atoms with Crippen molar-refractivity contribution in [2.24, 2.45) is 5.41 Å². The van der Waals surface area contributed by atoms with Gasteiger partial charge in [0, 0.05) is 0 Å². The van der Waals surface area contributed by atoms with Gasteiger partial charge in [-0.05, 0) is 44.5 Å². The van der Waals surface area contributed by atoms with Crippen LogP contribution in [-0.4, -0.2) is 42.7 Å². The number of aliphatic hydroxyl groups excluding tert-OH is 1. The molecule has 0 radical (unpaired) electrons. The average Bonchev–Trinajstić information content (AvgIpc) is 2.31. The molecule has 0 saturated heterocycles. The van der Waals surface area contributed by atoms with Gasteiger partial charge < -0.3 is 30.6 Å². The molecule has 6 heteroatoms. The summed E-state index contributed by atoms with van der Waals surface area (Å²) < 4.78 is 0. The molecule has 0 heterocycles. The monoisotopic (exact) mass is 274 g/mol. The minimum absolute atomic E-state index is 0.169. The maximum atomic E-state index is 9.24. The number of rotatable bonds is 3. The van der Waals surface area contributed by atoms with Crippen LogP contribution < -0.4 is 0 Å². The molecule has 1 atom stereocenters. The highest BCUT2D eigenvalue weighted by Gasteiger charge is 2.45. The molecular weight excluding hydrogens is 252 g/mol. The average molecular weight is 274 g/mol. The highest BCUT2D eigenvalue weighted by atomic mass is 16.7. The van der Waals surface area contributed by atoms with Gasteiger partial charge in [0.1, 0.15) is 11.5 Å². The fourth-order valence-corrected chi connectivity index (χ4v) is 1.19. The van der Waals surface area contributed by atoms with Crippen molar-refractivity contribution in [2.45, 2.75) is 39.3 Å². The molecule has 19 heavy (non-hydrogen) atoms. The number of benzene rings is 1. The van der Waals surface area contributed by atoms with Crippen molar-refractivity contribution in [1.29, 1.82) is 0 Å². The van der Waals surface area contributed by atoms with Crippen molar-refractivity contribution in [2.75, 3.05) is 0 Å². The van der Waals surface area contributed by atoms with Crippen LogP contribution in [0.2, 0.25) is 0 Å². The SMILES string of the molecule is CCC(O)C(C)(C)C(O)(O)O.Oc1ccc(O)cc1. The zero-order valence-electron chi connectivity index (χ0n) is 11.3. The van der Waals surface area contributed by atoms with Crippen LogP contribution in [0.5, 0.6) is 11.5 Å². The minimum Gasteiger partial charge on any atom is -0.508 e. The quantitative estimate of drug-likeness (QED) is 0.353. The standard InChI is InChI=1S/C7H16O4.C6H6O2/c1-4-5(8)6(2,3)7(9,10)11;7-5-1-2-6(8)4-3-5/h5,8-11H,4H2,1-3H3;1-4,7-8H. The Morgan fingerprint density at radius 2 is 1.26 bits per heavy atom. The van der Waals surface area contributed by atoms with Crippen LogP contribution >= 0.6 is 0 Å². The van der Waals surface area contributed by atoms with Crippen LogP contribution in [-0.2, 0) is 0 Å². The number of aromatic hydroxyl groups is 2. The molecule has 0 aliphatic heterocycles. The maximum absolute atomic E-state index is 9.24. The lowest BCUT2D eigenvalue weighted by Crippen LogP contribution is -2.51. The van der Waals surface area contributed by atoms with Gasteiger partial charge in [-0.25, -0.2) is 0 Å². The van der Waals surface area contributed by atoms with Crippen molar-refractivity contribution in [3.05, 3.63) is 24.3 Å². The van der Waals surface area contributed by atoms with E-state index in [0.29, 0.717) is 6.42 Å². The second-order valence-electron chi connectivity index (χ2n) is 4.80. The summed E-state index contributed by atoms with van der Waals surface area (Å²) in [4.78, 5) is 0. The molecule has 1 rings (SSSR count). The molecule has 6 N–H and O–H groups in total. The van der Waals surface area contributed by atoms with E-state index in [0.717, 1.165) is 0 Å². The predicted molar refractivity (Wildman–Crippen MR) is 69.2 cm³/mol. The first-order valence-corrected chi connectivity index (χ1v) is 5.85. The summed E-state index contributed by atoms with van der Waals surface area (Å²) in [5, 5.41) is 52.9. The molecule has 6 nitrogen and oxygen atoms in total. The molecule has 1 aromatic carbocycles. The van der Waals surface area contributed by atoms with Gasteiger partial charge in [0.25, 0.3) is 5.97 Å². The number of aliphatic hydroxyl groups is 4. The molecule has 0 fully saturated rings. The van der Waals surface area contributed by atoms with Gasteiger partial charge in [-0.2, -0.15) is 0 Å². The van der Waals surface area contributed by atoms with Gasteiger partial charge in [0.15, 0.2) is 0 Å². The fourth-order valence-electron chi connectivity index (χ4n) is 1.19.